The molecule has 0 N–H and O–H groups in total. The van der Waals surface area contributed by atoms with Gasteiger partial charge in [0.2, 0.25) is 5.82 Å². The Kier molecular flexibility index (Phi) is 3.38. The van der Waals surface area contributed by atoms with Crippen LogP contribution in [0.1, 0.15) is 24.3 Å². The number of allylic oxidation sites excluding steroid dienone is 3. The van der Waals surface area contributed by atoms with E-state index < -0.39 is 40.6 Å². The number of hydrogen-bond donors (Lipinski definition) is 0. The third-order valence-electron chi connectivity index (χ3n) is 4.62. The second-order valence-electron chi connectivity index (χ2n) is 5.69. The van der Waals surface area contributed by atoms with Gasteiger partial charge in [0.05, 0.1) is 0 Å². The predicted octanol–water partition coefficient (Wildman–Crippen LogP) is 4.86. The Hall–Kier alpha value is -1.65. The maximum absolute atomic E-state index is 13.9. The smallest absolute Gasteiger partial charge is 0.200 e. The first kappa shape index (κ1) is 14.3. The van der Waals surface area contributed by atoms with Crippen LogP contribution in [0.5, 0.6) is 0 Å². The summed E-state index contributed by atoms with van der Waals surface area (Å²) in [6, 6.07) is 0. The molecule has 1 fully saturated rings. The van der Waals surface area contributed by atoms with Crippen LogP contribution in [0.2, 0.25) is 0 Å². The number of hydrogen-bond acceptors (Lipinski definition) is 0. The second-order valence-corrected chi connectivity index (χ2v) is 5.69. The van der Waals surface area contributed by atoms with E-state index in [1.54, 1.807) is 0 Å². The Morgan fingerprint density at radius 3 is 1.90 bits per heavy atom. The molecule has 0 nitrogen and oxygen atoms in total. The largest absolute Gasteiger partial charge is 0.203 e. The number of halogens is 5. The topological polar surface area (TPSA) is 0 Å². The maximum atomic E-state index is 13.9. The summed E-state index contributed by atoms with van der Waals surface area (Å²) in [6.45, 7) is 3.53. The molecule has 1 aromatic carbocycles. The molecule has 2 bridgehead atoms. The van der Waals surface area contributed by atoms with Crippen LogP contribution in [-0.4, -0.2) is 0 Å². The monoisotopic (exact) mass is 300 g/mol. The molecular weight excluding hydrogens is 287 g/mol. The molecule has 0 heterocycles. The van der Waals surface area contributed by atoms with Crippen molar-refractivity contribution in [1.29, 1.82) is 0 Å². The minimum absolute atomic E-state index is 0.105. The van der Waals surface area contributed by atoms with E-state index in [1.807, 2.05) is 12.2 Å². The van der Waals surface area contributed by atoms with Gasteiger partial charge in [0.1, 0.15) is 0 Å². The number of benzene rings is 1. The van der Waals surface area contributed by atoms with Crippen molar-refractivity contribution < 1.29 is 22.0 Å². The van der Waals surface area contributed by atoms with E-state index in [1.165, 1.54) is 6.08 Å². The van der Waals surface area contributed by atoms with Gasteiger partial charge in [-0.25, -0.2) is 22.0 Å². The summed E-state index contributed by atoms with van der Waals surface area (Å²) in [4.78, 5) is 0. The minimum atomic E-state index is -2.12. The third-order valence-corrected chi connectivity index (χ3v) is 4.62. The summed E-state index contributed by atoms with van der Waals surface area (Å²) in [5.74, 6) is -10.0. The van der Waals surface area contributed by atoms with Gasteiger partial charge in [-0.3, -0.25) is 0 Å². The van der Waals surface area contributed by atoms with Crippen LogP contribution in [0.4, 0.5) is 22.0 Å². The highest BCUT2D eigenvalue weighted by atomic mass is 19.2. The van der Waals surface area contributed by atoms with Crippen molar-refractivity contribution >= 4 is 0 Å². The van der Waals surface area contributed by atoms with E-state index in [0.717, 1.165) is 6.42 Å². The van der Waals surface area contributed by atoms with Crippen molar-refractivity contribution in [2.24, 2.45) is 17.8 Å². The van der Waals surface area contributed by atoms with E-state index in [9.17, 15) is 22.0 Å². The van der Waals surface area contributed by atoms with Crippen LogP contribution in [0.15, 0.2) is 24.8 Å². The third kappa shape index (κ3) is 2.01. The van der Waals surface area contributed by atoms with Gasteiger partial charge in [0.15, 0.2) is 23.3 Å². The highest BCUT2D eigenvalue weighted by Crippen LogP contribution is 2.50. The summed E-state index contributed by atoms with van der Waals surface area (Å²) in [5, 5.41) is 0. The summed E-state index contributed by atoms with van der Waals surface area (Å²) in [7, 11) is 0. The molecule has 5 heteroatoms. The van der Waals surface area contributed by atoms with Crippen LogP contribution in [0, 0.1) is 46.8 Å². The van der Waals surface area contributed by atoms with Crippen molar-refractivity contribution in [3.05, 3.63) is 59.5 Å². The quantitative estimate of drug-likeness (QED) is 0.323. The summed E-state index contributed by atoms with van der Waals surface area (Å²) in [5.41, 5.74) is -0.757. The van der Waals surface area contributed by atoms with E-state index in [2.05, 4.69) is 6.58 Å². The average Bonchev–Trinajstić information content (AvgIpc) is 3.10. The fraction of sp³-hybridized carbons (Fsp3) is 0.375. The number of fused-ring (bicyclic) bond motifs is 2. The van der Waals surface area contributed by atoms with Crippen molar-refractivity contribution in [2.45, 2.75) is 18.8 Å². The van der Waals surface area contributed by atoms with Gasteiger partial charge in [-0.05, 0) is 30.6 Å². The SMILES string of the molecule is C=CC(c1c(F)c(F)c(F)c(F)c1F)C1CC2C=CC1C2. The zero-order chi connectivity index (χ0) is 15.3. The van der Waals surface area contributed by atoms with Gasteiger partial charge in [0.25, 0.3) is 0 Å². The van der Waals surface area contributed by atoms with Crippen LogP contribution in [-0.2, 0) is 0 Å². The first-order valence-corrected chi connectivity index (χ1v) is 6.77. The number of rotatable bonds is 3. The molecule has 0 saturated heterocycles. The Bertz CT molecular complexity index is 605. The molecule has 3 rings (SSSR count). The lowest BCUT2D eigenvalue weighted by atomic mass is 9.78. The summed E-state index contributed by atoms with van der Waals surface area (Å²) >= 11 is 0. The molecule has 1 aromatic rings. The molecular formula is C16H13F5. The molecule has 0 aromatic heterocycles. The Labute approximate surface area is 119 Å². The highest BCUT2D eigenvalue weighted by Gasteiger charge is 2.42. The van der Waals surface area contributed by atoms with Crippen molar-refractivity contribution in [1.82, 2.24) is 0 Å². The summed E-state index contributed by atoms with van der Waals surface area (Å²) < 4.78 is 67.8. The Balaban J connectivity index is 2.10. The molecule has 1 saturated carbocycles. The zero-order valence-electron chi connectivity index (χ0n) is 11.1. The first-order valence-electron chi connectivity index (χ1n) is 6.77. The van der Waals surface area contributed by atoms with Crippen molar-refractivity contribution in [2.75, 3.05) is 0 Å². The fourth-order valence-electron chi connectivity index (χ4n) is 3.66. The molecule has 0 amide bonds. The van der Waals surface area contributed by atoms with Gasteiger partial charge in [0, 0.05) is 11.5 Å². The van der Waals surface area contributed by atoms with Gasteiger partial charge in [-0.2, -0.15) is 0 Å². The maximum Gasteiger partial charge on any atom is 0.200 e. The van der Waals surface area contributed by atoms with E-state index >= 15 is 0 Å². The standard InChI is InChI=1S/C16H13F5/c1-2-9(10-6-7-3-4-8(10)5-7)11-12(17)14(19)16(21)15(20)13(11)18/h2-4,7-10H,1,5-6H2. The highest BCUT2D eigenvalue weighted by molar-refractivity contribution is 5.32. The molecule has 2 aliphatic carbocycles. The van der Waals surface area contributed by atoms with Gasteiger partial charge >= 0.3 is 0 Å². The van der Waals surface area contributed by atoms with E-state index in [-0.39, 0.29) is 11.8 Å². The lowest BCUT2D eigenvalue weighted by Gasteiger charge is -2.27. The molecule has 0 aliphatic heterocycles. The van der Waals surface area contributed by atoms with Crippen LogP contribution >= 0.6 is 0 Å². The molecule has 112 valence electrons. The Morgan fingerprint density at radius 1 is 0.905 bits per heavy atom. The van der Waals surface area contributed by atoms with Crippen molar-refractivity contribution in [3.63, 3.8) is 0 Å². The lowest BCUT2D eigenvalue weighted by Crippen LogP contribution is -2.20. The lowest BCUT2D eigenvalue weighted by molar-refractivity contribution is 0.341. The van der Waals surface area contributed by atoms with Gasteiger partial charge < -0.3 is 0 Å². The predicted molar refractivity (Wildman–Crippen MR) is 68.0 cm³/mol. The van der Waals surface area contributed by atoms with Gasteiger partial charge in [-0.15, -0.1) is 6.58 Å². The van der Waals surface area contributed by atoms with Crippen LogP contribution in [0.25, 0.3) is 0 Å². The van der Waals surface area contributed by atoms with E-state index in [0.29, 0.717) is 12.3 Å². The molecule has 0 spiro atoms. The Morgan fingerprint density at radius 2 is 1.48 bits per heavy atom. The first-order chi connectivity index (χ1) is 9.95. The zero-order valence-corrected chi connectivity index (χ0v) is 11.1. The summed E-state index contributed by atoms with van der Waals surface area (Å²) in [6.07, 6.45) is 6.83. The average molecular weight is 300 g/mol. The van der Waals surface area contributed by atoms with Crippen LogP contribution in [0.3, 0.4) is 0 Å². The van der Waals surface area contributed by atoms with E-state index in [4.69, 9.17) is 0 Å². The molecule has 4 atom stereocenters. The second kappa shape index (κ2) is 4.97. The molecule has 0 radical (unpaired) electrons. The van der Waals surface area contributed by atoms with Crippen molar-refractivity contribution in [3.8, 4) is 0 Å². The fourth-order valence-corrected chi connectivity index (χ4v) is 3.66. The molecule has 21 heavy (non-hydrogen) atoms. The minimum Gasteiger partial charge on any atom is -0.203 e. The molecule has 2 aliphatic rings. The molecule has 4 unspecified atom stereocenters. The normalized spacial score (nSPS) is 28.1. The van der Waals surface area contributed by atoms with Crippen LogP contribution < -0.4 is 0 Å². The van der Waals surface area contributed by atoms with Gasteiger partial charge in [-0.1, -0.05) is 18.2 Å².